The van der Waals surface area contributed by atoms with Crippen molar-refractivity contribution in [3.8, 4) is 5.75 Å². The quantitative estimate of drug-likeness (QED) is 0.164. The molecule has 0 saturated heterocycles. The lowest BCUT2D eigenvalue weighted by Gasteiger charge is -2.34. The number of anilines is 1. The van der Waals surface area contributed by atoms with Crippen LogP contribution in [-0.2, 0) is 32.6 Å². The number of benzene rings is 4. The summed E-state index contributed by atoms with van der Waals surface area (Å²) in [6.45, 7) is -0.562. The summed E-state index contributed by atoms with van der Waals surface area (Å²) < 4.78 is 34.7. The first-order valence-electron chi connectivity index (χ1n) is 15.5. The van der Waals surface area contributed by atoms with Crippen molar-refractivity contribution in [3.63, 3.8) is 0 Å². The zero-order valence-corrected chi connectivity index (χ0v) is 28.3. The second-order valence-electron chi connectivity index (χ2n) is 11.5. The van der Waals surface area contributed by atoms with Crippen molar-refractivity contribution in [3.05, 3.63) is 124 Å². The van der Waals surface area contributed by atoms with Crippen molar-refractivity contribution >= 4 is 50.7 Å². The Morgan fingerprint density at radius 1 is 0.851 bits per heavy atom. The molecular formula is C36H37Cl2N3O5S. The highest BCUT2D eigenvalue weighted by Gasteiger charge is 2.35. The van der Waals surface area contributed by atoms with Gasteiger partial charge in [-0.1, -0.05) is 96.7 Å². The Kier molecular flexibility index (Phi) is 11.4. The molecule has 1 saturated carbocycles. The summed E-state index contributed by atoms with van der Waals surface area (Å²) >= 11 is 12.5. The molecule has 2 amide bonds. The third-order valence-corrected chi connectivity index (χ3v) is 10.8. The molecule has 5 rings (SSSR count). The van der Waals surface area contributed by atoms with E-state index >= 15 is 0 Å². The Balaban J connectivity index is 1.58. The van der Waals surface area contributed by atoms with Crippen LogP contribution in [0.2, 0.25) is 10.0 Å². The highest BCUT2D eigenvalue weighted by molar-refractivity contribution is 7.92. The fraction of sp³-hybridized carbons (Fsp3) is 0.278. The van der Waals surface area contributed by atoms with Crippen molar-refractivity contribution in [2.45, 2.75) is 55.6 Å². The van der Waals surface area contributed by atoms with Gasteiger partial charge >= 0.3 is 0 Å². The van der Waals surface area contributed by atoms with E-state index < -0.39 is 28.5 Å². The van der Waals surface area contributed by atoms with Crippen LogP contribution in [0.4, 0.5) is 5.69 Å². The number of halogens is 2. The van der Waals surface area contributed by atoms with E-state index in [0.717, 1.165) is 41.1 Å². The van der Waals surface area contributed by atoms with Crippen LogP contribution in [0.25, 0.3) is 0 Å². The molecule has 1 fully saturated rings. The van der Waals surface area contributed by atoms with Gasteiger partial charge in [-0.25, -0.2) is 8.42 Å². The minimum absolute atomic E-state index is 0.00182. The maximum absolute atomic E-state index is 14.6. The van der Waals surface area contributed by atoms with Crippen molar-refractivity contribution in [1.82, 2.24) is 10.2 Å². The minimum atomic E-state index is -4.26. The highest BCUT2D eigenvalue weighted by Crippen LogP contribution is 2.31. The summed E-state index contributed by atoms with van der Waals surface area (Å²) in [6, 6.07) is 28.1. The van der Waals surface area contributed by atoms with Crippen LogP contribution in [0.5, 0.6) is 5.75 Å². The lowest BCUT2D eigenvalue weighted by molar-refractivity contribution is -0.140. The van der Waals surface area contributed by atoms with Gasteiger partial charge in [0, 0.05) is 19.0 Å². The molecule has 0 bridgehead atoms. The number of hydrogen-bond acceptors (Lipinski definition) is 5. The Hall–Kier alpha value is -4.05. The lowest BCUT2D eigenvalue weighted by atomic mass is 10.0. The molecule has 1 aliphatic carbocycles. The SMILES string of the molecule is COc1cccc(CN(C(=O)CN(c2ccc(Cl)c(Cl)c2)S(=O)(=O)c2ccccc2)[C@@H](Cc2ccccc2)C(=O)NC2CCCC2)c1. The molecule has 0 heterocycles. The number of carbonyl (C=O) groups is 2. The molecule has 0 radical (unpaired) electrons. The topological polar surface area (TPSA) is 96.0 Å². The maximum Gasteiger partial charge on any atom is 0.264 e. The molecule has 1 atom stereocenters. The van der Waals surface area contributed by atoms with Crippen LogP contribution in [0, 0.1) is 0 Å². The van der Waals surface area contributed by atoms with E-state index in [1.165, 1.54) is 35.2 Å². The van der Waals surface area contributed by atoms with Gasteiger partial charge in [0.15, 0.2) is 0 Å². The summed E-state index contributed by atoms with van der Waals surface area (Å²) in [7, 11) is -2.70. The monoisotopic (exact) mass is 693 g/mol. The van der Waals surface area contributed by atoms with Crippen LogP contribution < -0.4 is 14.4 Å². The van der Waals surface area contributed by atoms with Crippen molar-refractivity contribution in [2.24, 2.45) is 0 Å². The number of amides is 2. The average molecular weight is 695 g/mol. The van der Waals surface area contributed by atoms with Gasteiger partial charge in [0.25, 0.3) is 10.0 Å². The third kappa shape index (κ3) is 8.66. The van der Waals surface area contributed by atoms with Crippen LogP contribution >= 0.6 is 23.2 Å². The molecular weight excluding hydrogens is 657 g/mol. The number of methoxy groups -OCH3 is 1. The molecule has 0 aliphatic heterocycles. The molecule has 246 valence electrons. The standard InChI is InChI=1S/C36H37Cl2N3O5S/c1-46-30-16-10-13-27(21-30)24-40(34(22-26-11-4-2-5-12-26)36(43)39-28-14-8-9-15-28)35(42)25-41(29-19-20-32(37)33(38)23-29)47(44,45)31-17-6-3-7-18-31/h2-7,10-13,16-21,23,28,34H,8-9,14-15,22,24-25H2,1H3,(H,39,43)/t34-/m0/s1. The molecule has 8 nitrogen and oxygen atoms in total. The molecule has 0 unspecified atom stereocenters. The number of nitrogens with one attached hydrogen (secondary N) is 1. The summed E-state index contributed by atoms with van der Waals surface area (Å²) in [6.07, 6.45) is 4.02. The largest absolute Gasteiger partial charge is 0.497 e. The van der Waals surface area contributed by atoms with Crippen LogP contribution in [0.3, 0.4) is 0 Å². The van der Waals surface area contributed by atoms with Gasteiger partial charge in [0.1, 0.15) is 18.3 Å². The van der Waals surface area contributed by atoms with Gasteiger partial charge < -0.3 is 15.0 Å². The predicted molar refractivity (Wildman–Crippen MR) is 185 cm³/mol. The molecule has 4 aromatic rings. The van der Waals surface area contributed by atoms with Gasteiger partial charge in [-0.05, 0) is 66.4 Å². The van der Waals surface area contributed by atoms with Crippen molar-refractivity contribution in [2.75, 3.05) is 18.0 Å². The van der Waals surface area contributed by atoms with Gasteiger partial charge in [-0.15, -0.1) is 0 Å². The molecule has 47 heavy (non-hydrogen) atoms. The summed E-state index contributed by atoms with van der Waals surface area (Å²) in [5.41, 5.74) is 1.74. The molecule has 0 aromatic heterocycles. The fourth-order valence-corrected chi connectivity index (χ4v) is 7.50. The molecule has 11 heteroatoms. The number of nitrogens with zero attached hydrogens (tertiary/aromatic N) is 2. The number of rotatable bonds is 13. The average Bonchev–Trinajstić information content (AvgIpc) is 3.60. The van der Waals surface area contributed by atoms with Gasteiger partial charge in [0.2, 0.25) is 11.8 Å². The molecule has 1 aliphatic rings. The minimum Gasteiger partial charge on any atom is -0.497 e. The van der Waals surface area contributed by atoms with E-state index in [9.17, 15) is 18.0 Å². The molecule has 1 N–H and O–H groups in total. The second kappa shape index (κ2) is 15.7. The normalized spacial score (nSPS) is 13.9. The zero-order chi connectivity index (χ0) is 33.4. The predicted octanol–water partition coefficient (Wildman–Crippen LogP) is 6.90. The Bertz CT molecular complexity index is 1790. The van der Waals surface area contributed by atoms with Gasteiger partial charge in [0.05, 0.1) is 27.7 Å². The van der Waals surface area contributed by atoms with Crippen LogP contribution in [0.1, 0.15) is 36.8 Å². The molecule has 4 aromatic carbocycles. The summed E-state index contributed by atoms with van der Waals surface area (Å²) in [5, 5.41) is 3.55. The molecule has 0 spiro atoms. The Morgan fingerprint density at radius 3 is 2.17 bits per heavy atom. The summed E-state index contributed by atoms with van der Waals surface area (Å²) in [4.78, 5) is 30.2. The first-order valence-corrected chi connectivity index (χ1v) is 17.6. The Morgan fingerprint density at radius 2 is 1.51 bits per heavy atom. The zero-order valence-electron chi connectivity index (χ0n) is 26.0. The Labute approximate surface area is 286 Å². The van der Waals surface area contributed by atoms with E-state index in [1.807, 2.05) is 42.5 Å². The lowest BCUT2D eigenvalue weighted by Crippen LogP contribution is -2.54. The van der Waals surface area contributed by atoms with Crippen LogP contribution in [0.15, 0.2) is 108 Å². The second-order valence-corrected chi connectivity index (χ2v) is 14.2. The van der Waals surface area contributed by atoms with Crippen molar-refractivity contribution < 1.29 is 22.7 Å². The van der Waals surface area contributed by atoms with E-state index in [0.29, 0.717) is 5.75 Å². The fourth-order valence-electron chi connectivity index (χ4n) is 5.78. The van der Waals surface area contributed by atoms with E-state index in [-0.39, 0.29) is 45.5 Å². The maximum atomic E-state index is 14.6. The first-order chi connectivity index (χ1) is 22.7. The first kappa shape index (κ1) is 34.3. The highest BCUT2D eigenvalue weighted by atomic mass is 35.5. The van der Waals surface area contributed by atoms with Crippen molar-refractivity contribution in [1.29, 1.82) is 0 Å². The van der Waals surface area contributed by atoms with E-state index in [4.69, 9.17) is 27.9 Å². The van der Waals surface area contributed by atoms with Gasteiger partial charge in [-0.3, -0.25) is 13.9 Å². The third-order valence-electron chi connectivity index (χ3n) is 8.26. The number of hydrogen-bond donors (Lipinski definition) is 1. The number of sulfonamides is 1. The van der Waals surface area contributed by atoms with E-state index in [2.05, 4.69) is 5.32 Å². The van der Waals surface area contributed by atoms with E-state index in [1.54, 1.807) is 37.4 Å². The van der Waals surface area contributed by atoms with Gasteiger partial charge in [-0.2, -0.15) is 0 Å². The number of ether oxygens (including phenoxy) is 1. The summed E-state index contributed by atoms with van der Waals surface area (Å²) in [5.74, 6) is -0.265. The number of carbonyl (C=O) groups excluding carboxylic acids is 2. The smallest absolute Gasteiger partial charge is 0.264 e. The van der Waals surface area contributed by atoms with Crippen LogP contribution in [-0.4, -0.2) is 50.9 Å².